The molecule has 3 rings (SSSR count). The SMILES string of the molecule is CC(C)(C)[C@H](NC(=O)c1nn(Cc2ccc(F)cc2)c2c(F)cccc12)C(=O)NCC(=O)O. The predicted octanol–water partition coefficient (Wildman–Crippen LogP) is 2.71. The van der Waals surface area contributed by atoms with E-state index in [1.807, 2.05) is 0 Å². The first-order valence-corrected chi connectivity index (χ1v) is 10.2. The minimum absolute atomic E-state index is 0.0901. The summed E-state index contributed by atoms with van der Waals surface area (Å²) in [5.74, 6) is -3.60. The number of carbonyl (C=O) groups excluding carboxylic acids is 2. The minimum Gasteiger partial charge on any atom is -0.480 e. The third kappa shape index (κ3) is 5.51. The van der Waals surface area contributed by atoms with Crippen LogP contribution in [-0.4, -0.2) is 45.3 Å². The Hall–Kier alpha value is -3.82. The standard InChI is InChI=1S/C23H24F2N4O4/c1-23(2,3)20(22(33)26-11-17(30)31)27-21(32)18-15-5-4-6-16(25)19(15)29(28-18)12-13-7-9-14(24)10-8-13/h4-10,20H,11-12H2,1-3H3,(H,26,33)(H,27,32)(H,30,31)/t20-/m1/s1. The molecule has 0 fully saturated rings. The summed E-state index contributed by atoms with van der Waals surface area (Å²) < 4.78 is 29.2. The average molecular weight is 458 g/mol. The monoisotopic (exact) mass is 458 g/mol. The van der Waals surface area contributed by atoms with E-state index in [1.165, 1.54) is 47.1 Å². The largest absolute Gasteiger partial charge is 0.480 e. The molecule has 0 saturated heterocycles. The zero-order chi connectivity index (χ0) is 24.3. The highest BCUT2D eigenvalue weighted by Crippen LogP contribution is 2.25. The van der Waals surface area contributed by atoms with Gasteiger partial charge in [-0.25, -0.2) is 8.78 Å². The lowest BCUT2D eigenvalue weighted by atomic mass is 9.86. The molecule has 1 aromatic heterocycles. The quantitative estimate of drug-likeness (QED) is 0.504. The van der Waals surface area contributed by atoms with Crippen molar-refractivity contribution in [3.05, 3.63) is 65.4 Å². The summed E-state index contributed by atoms with van der Waals surface area (Å²) in [5, 5.41) is 18.2. The number of aliphatic carboxylic acids is 1. The number of fused-ring (bicyclic) bond motifs is 1. The smallest absolute Gasteiger partial charge is 0.322 e. The van der Waals surface area contributed by atoms with Gasteiger partial charge in [-0.15, -0.1) is 0 Å². The van der Waals surface area contributed by atoms with Crippen molar-refractivity contribution in [3.63, 3.8) is 0 Å². The zero-order valence-corrected chi connectivity index (χ0v) is 18.4. The van der Waals surface area contributed by atoms with Crippen molar-refractivity contribution in [2.75, 3.05) is 6.54 Å². The fourth-order valence-electron chi connectivity index (χ4n) is 3.38. The van der Waals surface area contributed by atoms with E-state index >= 15 is 0 Å². The van der Waals surface area contributed by atoms with Crippen molar-refractivity contribution in [3.8, 4) is 0 Å². The Morgan fingerprint density at radius 3 is 2.36 bits per heavy atom. The molecule has 2 amide bonds. The van der Waals surface area contributed by atoms with Crippen molar-refractivity contribution in [2.45, 2.75) is 33.4 Å². The summed E-state index contributed by atoms with van der Waals surface area (Å²) in [6.07, 6.45) is 0. The van der Waals surface area contributed by atoms with Gasteiger partial charge < -0.3 is 15.7 Å². The zero-order valence-electron chi connectivity index (χ0n) is 18.4. The number of carbonyl (C=O) groups is 3. The van der Waals surface area contributed by atoms with Crippen molar-refractivity contribution in [1.82, 2.24) is 20.4 Å². The Bertz CT molecular complexity index is 1200. The van der Waals surface area contributed by atoms with Crippen LogP contribution in [0.1, 0.15) is 36.8 Å². The molecule has 33 heavy (non-hydrogen) atoms. The number of para-hydroxylation sites is 1. The maximum absolute atomic E-state index is 14.7. The van der Waals surface area contributed by atoms with Crippen LogP contribution >= 0.6 is 0 Å². The molecule has 1 heterocycles. The van der Waals surface area contributed by atoms with E-state index in [2.05, 4.69) is 15.7 Å². The van der Waals surface area contributed by atoms with Gasteiger partial charge in [-0.3, -0.25) is 19.1 Å². The van der Waals surface area contributed by atoms with Gasteiger partial charge in [0.05, 0.1) is 6.54 Å². The molecule has 2 aromatic carbocycles. The van der Waals surface area contributed by atoms with E-state index in [0.717, 1.165) is 0 Å². The van der Waals surface area contributed by atoms with Gasteiger partial charge in [0, 0.05) is 5.39 Å². The molecule has 174 valence electrons. The fourth-order valence-corrected chi connectivity index (χ4v) is 3.38. The number of carboxylic acid groups (broad SMARTS) is 1. The summed E-state index contributed by atoms with van der Waals surface area (Å²) in [6, 6.07) is 8.76. The molecule has 0 aliphatic heterocycles. The number of hydrogen-bond acceptors (Lipinski definition) is 4. The van der Waals surface area contributed by atoms with Gasteiger partial charge in [0.15, 0.2) is 5.69 Å². The van der Waals surface area contributed by atoms with Gasteiger partial charge in [0.25, 0.3) is 5.91 Å². The van der Waals surface area contributed by atoms with E-state index in [-0.39, 0.29) is 23.1 Å². The Balaban J connectivity index is 1.95. The highest BCUT2D eigenvalue weighted by atomic mass is 19.1. The van der Waals surface area contributed by atoms with Gasteiger partial charge in [-0.1, -0.05) is 45.0 Å². The van der Waals surface area contributed by atoms with E-state index < -0.39 is 47.4 Å². The highest BCUT2D eigenvalue weighted by Gasteiger charge is 2.34. The number of halogens is 2. The van der Waals surface area contributed by atoms with Crippen LogP contribution in [0.3, 0.4) is 0 Å². The highest BCUT2D eigenvalue weighted by molar-refractivity contribution is 6.06. The second-order valence-corrected chi connectivity index (χ2v) is 8.65. The summed E-state index contributed by atoms with van der Waals surface area (Å²) in [4.78, 5) is 36.5. The second-order valence-electron chi connectivity index (χ2n) is 8.65. The minimum atomic E-state index is -1.22. The van der Waals surface area contributed by atoms with Crippen LogP contribution in [-0.2, 0) is 16.1 Å². The fraction of sp³-hybridized carbons (Fsp3) is 0.304. The summed E-state index contributed by atoms with van der Waals surface area (Å²) in [7, 11) is 0. The molecule has 3 N–H and O–H groups in total. The number of nitrogens with zero attached hydrogens (tertiary/aromatic N) is 2. The van der Waals surface area contributed by atoms with Crippen LogP contribution in [0.5, 0.6) is 0 Å². The molecule has 0 unspecified atom stereocenters. The number of benzene rings is 2. The van der Waals surface area contributed by atoms with Crippen LogP contribution in [0.15, 0.2) is 42.5 Å². The summed E-state index contributed by atoms with van der Waals surface area (Å²) >= 11 is 0. The topological polar surface area (TPSA) is 113 Å². The van der Waals surface area contributed by atoms with E-state index in [1.54, 1.807) is 20.8 Å². The Morgan fingerprint density at radius 1 is 1.09 bits per heavy atom. The molecule has 10 heteroatoms. The number of hydrogen-bond donors (Lipinski definition) is 3. The first kappa shape index (κ1) is 23.8. The Labute approximate surface area is 188 Å². The van der Waals surface area contributed by atoms with Gasteiger partial charge in [-0.05, 0) is 29.2 Å². The molecule has 0 aliphatic carbocycles. The molecule has 3 aromatic rings. The predicted molar refractivity (Wildman–Crippen MR) is 117 cm³/mol. The maximum Gasteiger partial charge on any atom is 0.322 e. The van der Waals surface area contributed by atoms with Crippen molar-refractivity contribution in [2.24, 2.45) is 5.41 Å². The molecule has 0 radical (unpaired) electrons. The molecule has 0 saturated carbocycles. The lowest BCUT2D eigenvalue weighted by molar-refractivity contribution is -0.138. The van der Waals surface area contributed by atoms with Gasteiger partial charge >= 0.3 is 5.97 Å². The summed E-state index contributed by atoms with van der Waals surface area (Å²) in [6.45, 7) is 4.63. The Kier molecular flexibility index (Phi) is 6.75. The van der Waals surface area contributed by atoms with Crippen LogP contribution in [0.25, 0.3) is 10.9 Å². The molecular weight excluding hydrogens is 434 g/mol. The number of rotatable bonds is 7. The lowest BCUT2D eigenvalue weighted by Crippen LogP contribution is -2.54. The number of aromatic nitrogens is 2. The molecule has 0 spiro atoms. The van der Waals surface area contributed by atoms with E-state index in [4.69, 9.17) is 5.11 Å². The molecule has 8 nitrogen and oxygen atoms in total. The van der Waals surface area contributed by atoms with Crippen molar-refractivity contribution in [1.29, 1.82) is 0 Å². The maximum atomic E-state index is 14.7. The van der Waals surface area contributed by atoms with Gasteiger partial charge in [0.2, 0.25) is 5.91 Å². The first-order valence-electron chi connectivity index (χ1n) is 10.2. The molecular formula is C23H24F2N4O4. The molecule has 0 bridgehead atoms. The van der Waals surface area contributed by atoms with E-state index in [0.29, 0.717) is 5.56 Å². The third-order valence-electron chi connectivity index (χ3n) is 5.00. The van der Waals surface area contributed by atoms with Gasteiger partial charge in [0.1, 0.15) is 29.7 Å². The van der Waals surface area contributed by atoms with Crippen molar-refractivity contribution < 1.29 is 28.3 Å². The lowest BCUT2D eigenvalue weighted by Gasteiger charge is -2.30. The number of carboxylic acids is 1. The number of nitrogens with one attached hydrogen (secondary N) is 2. The summed E-state index contributed by atoms with van der Waals surface area (Å²) in [5.41, 5.74) is -0.103. The first-order chi connectivity index (χ1) is 15.5. The van der Waals surface area contributed by atoms with Gasteiger partial charge in [-0.2, -0.15) is 5.10 Å². The van der Waals surface area contributed by atoms with Crippen molar-refractivity contribution >= 4 is 28.7 Å². The van der Waals surface area contributed by atoms with E-state index in [9.17, 15) is 23.2 Å². The van der Waals surface area contributed by atoms with Crippen LogP contribution in [0.2, 0.25) is 0 Å². The van der Waals surface area contributed by atoms with Crippen LogP contribution < -0.4 is 10.6 Å². The Morgan fingerprint density at radius 2 is 1.76 bits per heavy atom. The molecule has 0 aliphatic rings. The third-order valence-corrected chi connectivity index (χ3v) is 5.00. The average Bonchev–Trinajstić information content (AvgIpc) is 3.10. The second kappa shape index (κ2) is 9.35. The van der Waals surface area contributed by atoms with Crippen LogP contribution in [0, 0.1) is 17.0 Å². The number of amides is 2. The van der Waals surface area contributed by atoms with Crippen LogP contribution in [0.4, 0.5) is 8.78 Å². The molecule has 1 atom stereocenters. The normalized spacial score (nSPS) is 12.4.